The van der Waals surface area contributed by atoms with Gasteiger partial charge < -0.3 is 10.1 Å². The SMILES string of the molecule is CC(=O)Oc1ccc(/C=C2/NC(=O)N(Cc3ccccc3)C2=O)cc1. The molecule has 6 nitrogen and oxygen atoms in total. The van der Waals surface area contributed by atoms with Gasteiger partial charge in [0, 0.05) is 6.92 Å². The highest BCUT2D eigenvalue weighted by molar-refractivity contribution is 6.13. The third kappa shape index (κ3) is 3.92. The van der Waals surface area contributed by atoms with Crippen LogP contribution in [0.4, 0.5) is 4.79 Å². The van der Waals surface area contributed by atoms with Gasteiger partial charge in [-0.25, -0.2) is 4.79 Å². The van der Waals surface area contributed by atoms with E-state index in [0.717, 1.165) is 10.5 Å². The maximum absolute atomic E-state index is 12.4. The van der Waals surface area contributed by atoms with Crippen molar-refractivity contribution in [2.45, 2.75) is 13.5 Å². The largest absolute Gasteiger partial charge is 0.427 e. The zero-order chi connectivity index (χ0) is 17.8. The third-order valence-electron chi connectivity index (χ3n) is 3.60. The summed E-state index contributed by atoms with van der Waals surface area (Å²) in [7, 11) is 0. The van der Waals surface area contributed by atoms with E-state index >= 15 is 0 Å². The monoisotopic (exact) mass is 336 g/mol. The lowest BCUT2D eigenvalue weighted by Crippen LogP contribution is -2.30. The molecule has 2 aromatic carbocycles. The van der Waals surface area contributed by atoms with Gasteiger partial charge in [-0.05, 0) is 29.3 Å². The fraction of sp³-hybridized carbons (Fsp3) is 0.105. The Balaban J connectivity index is 1.74. The molecule has 126 valence electrons. The minimum absolute atomic E-state index is 0.209. The summed E-state index contributed by atoms with van der Waals surface area (Å²) in [4.78, 5) is 36.6. The predicted molar refractivity (Wildman–Crippen MR) is 91.3 cm³/mol. The molecule has 25 heavy (non-hydrogen) atoms. The number of esters is 1. The van der Waals surface area contributed by atoms with E-state index in [2.05, 4.69) is 5.32 Å². The van der Waals surface area contributed by atoms with Crippen molar-refractivity contribution in [1.29, 1.82) is 0 Å². The second-order valence-electron chi connectivity index (χ2n) is 5.53. The van der Waals surface area contributed by atoms with Gasteiger partial charge in [-0.3, -0.25) is 14.5 Å². The van der Waals surface area contributed by atoms with Crippen molar-refractivity contribution in [3.63, 3.8) is 0 Å². The molecule has 2 aromatic rings. The number of amides is 3. The Hall–Kier alpha value is -3.41. The standard InChI is InChI=1S/C19H16N2O4/c1-13(22)25-16-9-7-14(8-10-16)11-17-18(23)21(19(24)20-17)12-15-5-3-2-4-6-15/h2-11H,12H2,1H3,(H,20,24)/b17-11+. The summed E-state index contributed by atoms with van der Waals surface area (Å²) < 4.78 is 4.96. The number of urea groups is 1. The van der Waals surface area contributed by atoms with Gasteiger partial charge in [0.15, 0.2) is 0 Å². The van der Waals surface area contributed by atoms with Gasteiger partial charge in [0.05, 0.1) is 6.54 Å². The van der Waals surface area contributed by atoms with Crippen molar-refractivity contribution < 1.29 is 19.1 Å². The zero-order valence-corrected chi connectivity index (χ0v) is 13.6. The van der Waals surface area contributed by atoms with Crippen LogP contribution < -0.4 is 10.1 Å². The summed E-state index contributed by atoms with van der Waals surface area (Å²) in [5.41, 5.74) is 1.79. The molecule has 0 radical (unpaired) electrons. The van der Waals surface area contributed by atoms with Crippen molar-refractivity contribution in [2.24, 2.45) is 0 Å². The number of carbonyl (C=O) groups excluding carboxylic acids is 3. The molecular weight excluding hydrogens is 320 g/mol. The second-order valence-corrected chi connectivity index (χ2v) is 5.53. The molecule has 1 saturated heterocycles. The Morgan fingerprint density at radius 3 is 2.40 bits per heavy atom. The molecule has 1 aliphatic heterocycles. The molecule has 0 unspecified atom stereocenters. The van der Waals surface area contributed by atoms with E-state index in [9.17, 15) is 14.4 Å². The number of nitrogens with zero attached hydrogens (tertiary/aromatic N) is 1. The highest BCUT2D eigenvalue weighted by Gasteiger charge is 2.33. The maximum Gasteiger partial charge on any atom is 0.329 e. The Labute approximate surface area is 144 Å². The molecule has 0 saturated carbocycles. The van der Waals surface area contributed by atoms with Gasteiger partial charge in [-0.15, -0.1) is 0 Å². The van der Waals surface area contributed by atoms with Crippen molar-refractivity contribution in [2.75, 3.05) is 0 Å². The first-order chi connectivity index (χ1) is 12.0. The Kier molecular flexibility index (Phi) is 4.61. The number of ether oxygens (including phenoxy) is 1. The third-order valence-corrected chi connectivity index (χ3v) is 3.60. The summed E-state index contributed by atoms with van der Waals surface area (Å²) in [6.45, 7) is 1.54. The first-order valence-electron chi connectivity index (χ1n) is 7.70. The lowest BCUT2D eigenvalue weighted by atomic mass is 10.1. The number of benzene rings is 2. The fourth-order valence-corrected chi connectivity index (χ4v) is 2.45. The van der Waals surface area contributed by atoms with Crippen LogP contribution in [-0.2, 0) is 16.1 Å². The Morgan fingerprint density at radius 2 is 1.76 bits per heavy atom. The summed E-state index contributed by atoms with van der Waals surface area (Å²) in [6.07, 6.45) is 1.59. The Bertz CT molecular complexity index is 841. The second kappa shape index (κ2) is 7.00. The smallest absolute Gasteiger partial charge is 0.329 e. The molecule has 0 bridgehead atoms. The van der Waals surface area contributed by atoms with Crippen LogP contribution in [0.2, 0.25) is 0 Å². The number of rotatable bonds is 4. The molecule has 1 fully saturated rings. The van der Waals surface area contributed by atoms with E-state index in [-0.39, 0.29) is 18.1 Å². The van der Waals surface area contributed by atoms with Gasteiger partial charge in [0.1, 0.15) is 11.4 Å². The van der Waals surface area contributed by atoms with Gasteiger partial charge in [-0.2, -0.15) is 0 Å². The number of hydrogen-bond donors (Lipinski definition) is 1. The highest BCUT2D eigenvalue weighted by atomic mass is 16.5. The molecule has 0 spiro atoms. The quantitative estimate of drug-likeness (QED) is 0.403. The minimum atomic E-state index is -0.448. The van der Waals surface area contributed by atoms with Crippen LogP contribution in [0.5, 0.6) is 5.75 Å². The van der Waals surface area contributed by atoms with Crippen LogP contribution in [0.25, 0.3) is 6.08 Å². The van der Waals surface area contributed by atoms with Crippen LogP contribution in [0.3, 0.4) is 0 Å². The predicted octanol–water partition coefficient (Wildman–Crippen LogP) is 2.70. The van der Waals surface area contributed by atoms with E-state index in [1.165, 1.54) is 6.92 Å². The molecule has 0 aromatic heterocycles. The van der Waals surface area contributed by atoms with Gasteiger partial charge in [-0.1, -0.05) is 42.5 Å². The average Bonchev–Trinajstić information content (AvgIpc) is 2.85. The van der Waals surface area contributed by atoms with E-state index < -0.39 is 12.0 Å². The van der Waals surface area contributed by atoms with Crippen LogP contribution in [0.1, 0.15) is 18.1 Å². The lowest BCUT2D eigenvalue weighted by molar-refractivity contribution is -0.131. The number of hydrogen-bond acceptors (Lipinski definition) is 4. The lowest BCUT2D eigenvalue weighted by Gasteiger charge is -2.11. The topological polar surface area (TPSA) is 75.7 Å². The normalized spacial score (nSPS) is 15.4. The van der Waals surface area contributed by atoms with Crippen LogP contribution in [0, 0.1) is 0 Å². The molecule has 1 heterocycles. The van der Waals surface area contributed by atoms with Gasteiger partial charge in [0.2, 0.25) is 0 Å². The summed E-state index contributed by atoms with van der Waals surface area (Å²) in [5, 5.41) is 2.58. The summed E-state index contributed by atoms with van der Waals surface area (Å²) in [6, 6.07) is 15.5. The maximum atomic E-state index is 12.4. The average molecular weight is 336 g/mol. The van der Waals surface area contributed by atoms with E-state index in [4.69, 9.17) is 4.74 Å². The number of nitrogens with one attached hydrogen (secondary N) is 1. The van der Waals surface area contributed by atoms with E-state index in [1.54, 1.807) is 30.3 Å². The molecule has 3 amide bonds. The fourth-order valence-electron chi connectivity index (χ4n) is 2.45. The number of carbonyl (C=O) groups is 3. The zero-order valence-electron chi connectivity index (χ0n) is 13.6. The van der Waals surface area contributed by atoms with Crippen molar-refractivity contribution in [3.8, 4) is 5.75 Å². The van der Waals surface area contributed by atoms with Crippen molar-refractivity contribution in [3.05, 3.63) is 71.4 Å². The molecular formula is C19H16N2O4. The van der Waals surface area contributed by atoms with Gasteiger partial charge in [0.25, 0.3) is 5.91 Å². The number of imide groups is 1. The molecule has 1 N–H and O–H groups in total. The van der Waals surface area contributed by atoms with Crippen LogP contribution >= 0.6 is 0 Å². The first kappa shape index (κ1) is 16.4. The van der Waals surface area contributed by atoms with E-state index in [1.807, 2.05) is 30.3 Å². The molecule has 1 aliphatic rings. The van der Waals surface area contributed by atoms with Crippen LogP contribution in [0.15, 0.2) is 60.3 Å². The molecule has 6 heteroatoms. The van der Waals surface area contributed by atoms with Crippen LogP contribution in [-0.4, -0.2) is 22.8 Å². The molecule has 3 rings (SSSR count). The van der Waals surface area contributed by atoms with Crippen molar-refractivity contribution in [1.82, 2.24) is 10.2 Å². The summed E-state index contributed by atoms with van der Waals surface area (Å²) in [5.74, 6) is -0.360. The minimum Gasteiger partial charge on any atom is -0.427 e. The van der Waals surface area contributed by atoms with Crippen molar-refractivity contribution >= 4 is 24.0 Å². The van der Waals surface area contributed by atoms with Gasteiger partial charge >= 0.3 is 12.0 Å². The summed E-state index contributed by atoms with van der Waals surface area (Å²) >= 11 is 0. The Morgan fingerprint density at radius 1 is 1.08 bits per heavy atom. The first-order valence-corrected chi connectivity index (χ1v) is 7.70. The molecule has 0 atom stereocenters. The molecule has 0 aliphatic carbocycles. The highest BCUT2D eigenvalue weighted by Crippen LogP contribution is 2.19. The van der Waals surface area contributed by atoms with E-state index in [0.29, 0.717) is 11.3 Å².